The first-order valence-electron chi connectivity index (χ1n) is 13.5. The van der Waals surface area contributed by atoms with Crippen molar-refractivity contribution in [1.29, 1.82) is 0 Å². The van der Waals surface area contributed by atoms with Gasteiger partial charge in [0.25, 0.3) is 0 Å². The van der Waals surface area contributed by atoms with E-state index in [-0.39, 0.29) is 29.7 Å². The van der Waals surface area contributed by atoms with Crippen molar-refractivity contribution in [3.8, 4) is 0 Å². The van der Waals surface area contributed by atoms with Crippen LogP contribution in [0.15, 0.2) is 48.7 Å². The quantitative estimate of drug-likeness (QED) is 0.632. The Bertz CT molecular complexity index is 1140. The molecule has 5 rings (SSSR count). The van der Waals surface area contributed by atoms with Gasteiger partial charge in [-0.2, -0.15) is 0 Å². The van der Waals surface area contributed by atoms with Gasteiger partial charge in [0.15, 0.2) is 0 Å². The van der Waals surface area contributed by atoms with Crippen LogP contribution in [0.25, 0.3) is 0 Å². The minimum atomic E-state index is -0.658. The van der Waals surface area contributed by atoms with Gasteiger partial charge >= 0.3 is 0 Å². The number of nitrogens with one attached hydrogen (secondary N) is 2. The summed E-state index contributed by atoms with van der Waals surface area (Å²) in [4.78, 5) is 48.3. The van der Waals surface area contributed by atoms with Crippen LogP contribution >= 0.6 is 0 Å². The standard InChI is InChI=1S/C29H37N5O3/c1-29(2)23-10-3-4-11-25(23)34(28(29)37)22-12-16-33(17-13-22)27(36)24(18-21-9-5-6-15-31-21)32-26(35)20-8-7-14-30-19-20/h3-6,9-11,15,20,22,24,30H,7-8,12-14,16-19H2,1-2H3,(H,32,35)/t20-,24+/m0/s1. The molecule has 2 aromatic rings. The Morgan fingerprint density at radius 1 is 1.11 bits per heavy atom. The Morgan fingerprint density at radius 3 is 2.57 bits per heavy atom. The van der Waals surface area contributed by atoms with Gasteiger partial charge in [-0.1, -0.05) is 24.3 Å². The number of piperidine rings is 2. The molecule has 2 fully saturated rings. The Kier molecular flexibility index (Phi) is 7.29. The number of para-hydroxylation sites is 1. The second-order valence-electron chi connectivity index (χ2n) is 11.0. The molecule has 37 heavy (non-hydrogen) atoms. The highest BCUT2D eigenvalue weighted by Gasteiger charge is 2.47. The first kappa shape index (κ1) is 25.4. The van der Waals surface area contributed by atoms with Gasteiger partial charge in [-0.05, 0) is 69.8 Å². The van der Waals surface area contributed by atoms with E-state index in [0.29, 0.717) is 38.9 Å². The lowest BCUT2D eigenvalue weighted by Gasteiger charge is -2.39. The monoisotopic (exact) mass is 503 g/mol. The fraction of sp³-hybridized carbons (Fsp3) is 0.517. The van der Waals surface area contributed by atoms with Crippen LogP contribution in [-0.4, -0.2) is 65.9 Å². The van der Waals surface area contributed by atoms with Crippen LogP contribution in [0.5, 0.6) is 0 Å². The lowest BCUT2D eigenvalue weighted by molar-refractivity contribution is -0.138. The van der Waals surface area contributed by atoms with E-state index < -0.39 is 11.5 Å². The van der Waals surface area contributed by atoms with Gasteiger partial charge < -0.3 is 20.4 Å². The van der Waals surface area contributed by atoms with Crippen LogP contribution < -0.4 is 15.5 Å². The van der Waals surface area contributed by atoms with Crippen molar-refractivity contribution in [2.24, 2.45) is 5.92 Å². The Hall–Kier alpha value is -3.26. The molecule has 2 N–H and O–H groups in total. The number of carbonyl (C=O) groups is 3. The smallest absolute Gasteiger partial charge is 0.245 e. The van der Waals surface area contributed by atoms with Crippen LogP contribution in [-0.2, 0) is 26.2 Å². The van der Waals surface area contributed by atoms with Crippen molar-refractivity contribution < 1.29 is 14.4 Å². The molecule has 0 bridgehead atoms. The maximum Gasteiger partial charge on any atom is 0.245 e. The van der Waals surface area contributed by atoms with Crippen molar-refractivity contribution >= 4 is 23.4 Å². The zero-order valence-corrected chi connectivity index (χ0v) is 21.8. The van der Waals surface area contributed by atoms with E-state index in [2.05, 4.69) is 15.6 Å². The fourth-order valence-corrected chi connectivity index (χ4v) is 5.96. The Morgan fingerprint density at radius 2 is 1.86 bits per heavy atom. The molecule has 4 heterocycles. The third kappa shape index (κ3) is 5.12. The van der Waals surface area contributed by atoms with E-state index in [0.717, 1.165) is 36.3 Å². The van der Waals surface area contributed by atoms with Crippen LogP contribution in [0, 0.1) is 5.92 Å². The van der Waals surface area contributed by atoms with E-state index in [1.807, 2.05) is 66.1 Å². The molecular weight excluding hydrogens is 466 g/mol. The first-order chi connectivity index (χ1) is 17.9. The molecule has 1 aromatic heterocycles. The summed E-state index contributed by atoms with van der Waals surface area (Å²) in [6.45, 7) is 6.64. The number of amides is 3. The molecule has 1 aromatic carbocycles. The number of rotatable bonds is 6. The molecule has 3 amide bonds. The number of benzene rings is 1. The number of carbonyl (C=O) groups excluding carboxylic acids is 3. The zero-order chi connectivity index (χ0) is 26.0. The third-order valence-corrected chi connectivity index (χ3v) is 8.15. The summed E-state index contributed by atoms with van der Waals surface area (Å²) in [5.74, 6) is -0.143. The molecule has 0 saturated carbocycles. The maximum atomic E-state index is 13.7. The number of aromatic nitrogens is 1. The molecule has 196 valence electrons. The van der Waals surface area contributed by atoms with E-state index in [1.165, 1.54) is 0 Å². The summed E-state index contributed by atoms with van der Waals surface area (Å²) >= 11 is 0. The van der Waals surface area contributed by atoms with E-state index in [1.54, 1.807) is 6.20 Å². The topological polar surface area (TPSA) is 94.6 Å². The summed E-state index contributed by atoms with van der Waals surface area (Å²) in [6, 6.07) is 13.1. The van der Waals surface area contributed by atoms with Gasteiger partial charge in [0.2, 0.25) is 17.7 Å². The summed E-state index contributed by atoms with van der Waals surface area (Å²) < 4.78 is 0. The number of anilines is 1. The Labute approximate surface area is 218 Å². The second kappa shape index (κ2) is 10.6. The average Bonchev–Trinajstić information content (AvgIpc) is 3.14. The normalized spacial score (nSPS) is 22.4. The largest absolute Gasteiger partial charge is 0.344 e. The van der Waals surface area contributed by atoms with E-state index in [4.69, 9.17) is 0 Å². The zero-order valence-electron chi connectivity index (χ0n) is 21.8. The molecule has 3 aliphatic heterocycles. The molecule has 8 nitrogen and oxygen atoms in total. The van der Waals surface area contributed by atoms with Crippen molar-refractivity contribution in [1.82, 2.24) is 20.5 Å². The van der Waals surface area contributed by atoms with Crippen molar-refractivity contribution in [3.05, 3.63) is 59.9 Å². The number of hydrogen-bond donors (Lipinski definition) is 2. The number of likely N-dealkylation sites (tertiary alicyclic amines) is 1. The number of fused-ring (bicyclic) bond motifs is 1. The number of nitrogens with zero attached hydrogens (tertiary/aromatic N) is 3. The highest BCUT2D eigenvalue weighted by molar-refractivity contribution is 6.08. The summed E-state index contributed by atoms with van der Waals surface area (Å²) in [5.41, 5.74) is 2.28. The second-order valence-corrected chi connectivity index (χ2v) is 11.0. The predicted octanol–water partition coefficient (Wildman–Crippen LogP) is 2.42. The number of hydrogen-bond acceptors (Lipinski definition) is 5. The molecule has 0 aliphatic carbocycles. The van der Waals surface area contributed by atoms with E-state index in [9.17, 15) is 14.4 Å². The molecule has 0 radical (unpaired) electrons. The van der Waals surface area contributed by atoms with Gasteiger partial charge in [0.1, 0.15) is 6.04 Å². The molecule has 0 spiro atoms. The SMILES string of the molecule is CC1(C)C(=O)N(C2CCN(C(=O)[C@@H](Cc3ccccn3)NC(=O)[C@H]3CCCNC3)CC2)c2ccccc21. The van der Waals surface area contributed by atoms with Crippen molar-refractivity contribution in [3.63, 3.8) is 0 Å². The summed E-state index contributed by atoms with van der Waals surface area (Å²) in [5, 5.41) is 6.33. The van der Waals surface area contributed by atoms with Gasteiger partial charge in [-0.25, -0.2) is 0 Å². The first-order valence-corrected chi connectivity index (χ1v) is 13.5. The minimum Gasteiger partial charge on any atom is -0.344 e. The Balaban J connectivity index is 1.27. The summed E-state index contributed by atoms with van der Waals surface area (Å²) in [6.07, 6.45) is 5.27. The fourth-order valence-electron chi connectivity index (χ4n) is 5.96. The van der Waals surface area contributed by atoms with Crippen LogP contribution in [0.3, 0.4) is 0 Å². The van der Waals surface area contributed by atoms with Crippen molar-refractivity contribution in [2.75, 3.05) is 31.1 Å². The highest BCUT2D eigenvalue weighted by atomic mass is 16.2. The lowest BCUT2D eigenvalue weighted by atomic mass is 9.86. The third-order valence-electron chi connectivity index (χ3n) is 8.15. The molecule has 2 saturated heterocycles. The van der Waals surface area contributed by atoms with Gasteiger partial charge in [0, 0.05) is 49.7 Å². The molecule has 0 unspecified atom stereocenters. The predicted molar refractivity (Wildman–Crippen MR) is 142 cm³/mol. The maximum absolute atomic E-state index is 13.7. The number of pyridine rings is 1. The van der Waals surface area contributed by atoms with Crippen LogP contribution in [0.1, 0.15) is 50.8 Å². The van der Waals surface area contributed by atoms with Gasteiger partial charge in [-0.15, -0.1) is 0 Å². The van der Waals surface area contributed by atoms with Gasteiger partial charge in [-0.3, -0.25) is 19.4 Å². The molecular formula is C29H37N5O3. The highest BCUT2D eigenvalue weighted by Crippen LogP contribution is 2.43. The molecule has 3 aliphatic rings. The molecule has 8 heteroatoms. The minimum absolute atomic E-state index is 0.0524. The average molecular weight is 504 g/mol. The summed E-state index contributed by atoms with van der Waals surface area (Å²) in [7, 11) is 0. The van der Waals surface area contributed by atoms with Crippen LogP contribution in [0.2, 0.25) is 0 Å². The molecule has 2 atom stereocenters. The van der Waals surface area contributed by atoms with Gasteiger partial charge in [0.05, 0.1) is 11.3 Å². The van der Waals surface area contributed by atoms with Crippen molar-refractivity contribution in [2.45, 2.75) is 63.5 Å². The lowest BCUT2D eigenvalue weighted by Crippen LogP contribution is -2.56. The van der Waals surface area contributed by atoms with E-state index >= 15 is 0 Å². The van der Waals surface area contributed by atoms with Crippen LogP contribution in [0.4, 0.5) is 5.69 Å².